The summed E-state index contributed by atoms with van der Waals surface area (Å²) in [5.74, 6) is 0.118. The van der Waals surface area contributed by atoms with Crippen molar-refractivity contribution < 1.29 is 9.53 Å². The van der Waals surface area contributed by atoms with Gasteiger partial charge in [0.25, 0.3) is 0 Å². The Kier molecular flexibility index (Phi) is 6.96. The zero-order valence-electron chi connectivity index (χ0n) is 22.4. The van der Waals surface area contributed by atoms with Crippen molar-refractivity contribution in [2.45, 2.75) is 65.3 Å². The average molecular weight is 514 g/mol. The minimum absolute atomic E-state index is 0.0239. The molecule has 0 unspecified atom stereocenters. The van der Waals surface area contributed by atoms with E-state index in [-0.39, 0.29) is 11.9 Å². The van der Waals surface area contributed by atoms with Crippen LogP contribution in [0, 0.1) is 6.92 Å². The third kappa shape index (κ3) is 5.50. The van der Waals surface area contributed by atoms with Crippen LogP contribution in [0.15, 0.2) is 54.7 Å². The summed E-state index contributed by atoms with van der Waals surface area (Å²) in [6.07, 6.45) is 2.14. The molecule has 0 bridgehead atoms. The normalized spacial score (nSPS) is 14.7. The Hall–Kier alpha value is -3.36. The lowest BCUT2D eigenvalue weighted by Gasteiger charge is -2.33. The highest BCUT2D eigenvalue weighted by atomic mass is 28.3. The number of amides is 1. The maximum Gasteiger partial charge on any atom is 0.227 e. The van der Waals surface area contributed by atoms with E-state index in [9.17, 15) is 4.79 Å². The van der Waals surface area contributed by atoms with Crippen LogP contribution in [0.25, 0.3) is 22.3 Å². The number of aryl methyl sites for hydroxylation is 1. The van der Waals surface area contributed by atoms with E-state index in [4.69, 9.17) is 14.8 Å². The molecule has 1 aromatic carbocycles. The average Bonchev–Trinajstić information content (AvgIpc) is 3.22. The van der Waals surface area contributed by atoms with Crippen molar-refractivity contribution in [2.75, 3.05) is 6.61 Å². The molecule has 1 atom stereocenters. The van der Waals surface area contributed by atoms with Crippen LogP contribution in [0.5, 0.6) is 0 Å². The zero-order valence-corrected chi connectivity index (χ0v) is 23.4. The highest BCUT2D eigenvalue weighted by molar-refractivity contribution is 6.76. The van der Waals surface area contributed by atoms with Gasteiger partial charge < -0.3 is 9.64 Å². The van der Waals surface area contributed by atoms with Crippen LogP contribution in [-0.4, -0.2) is 45.2 Å². The van der Waals surface area contributed by atoms with Crippen molar-refractivity contribution in [2.24, 2.45) is 0 Å². The van der Waals surface area contributed by atoms with Crippen LogP contribution in [-0.2, 0) is 29.2 Å². The van der Waals surface area contributed by atoms with E-state index in [1.807, 2.05) is 46.8 Å². The number of ether oxygens (including phenoxy) is 1. The molecule has 8 heteroatoms. The van der Waals surface area contributed by atoms with E-state index in [1.165, 1.54) is 0 Å². The largest absolute Gasteiger partial charge is 0.360 e. The Balaban J connectivity index is 1.52. The van der Waals surface area contributed by atoms with E-state index in [0.717, 1.165) is 50.8 Å². The monoisotopic (exact) mass is 513 g/mol. The first-order chi connectivity index (χ1) is 17.7. The standard InChI is InChI=1S/C29H35N5O2Si/c1-20-15-23(11-12-30-20)28-29-26(34(32-28)19-36-13-14-37(3,4)5)16-24-17-27(35)33(18-25(24)31-29)21(2)22-9-7-6-8-10-22/h6-12,15-16,21H,13-14,17-19H2,1-5H3/t21-/m1/s1. The van der Waals surface area contributed by atoms with Gasteiger partial charge in [0, 0.05) is 32.1 Å². The van der Waals surface area contributed by atoms with Crippen molar-refractivity contribution in [1.82, 2.24) is 24.6 Å². The molecular weight excluding hydrogens is 478 g/mol. The number of fused-ring (bicyclic) bond motifs is 2. The first-order valence-electron chi connectivity index (χ1n) is 12.9. The van der Waals surface area contributed by atoms with Crippen LogP contribution >= 0.6 is 0 Å². The summed E-state index contributed by atoms with van der Waals surface area (Å²) in [4.78, 5) is 24.6. The second-order valence-electron chi connectivity index (χ2n) is 11.1. The molecule has 1 amide bonds. The molecule has 4 heterocycles. The van der Waals surface area contributed by atoms with Crippen molar-refractivity contribution in [3.8, 4) is 11.3 Å². The highest BCUT2D eigenvalue weighted by Crippen LogP contribution is 2.33. The molecule has 0 saturated carbocycles. The van der Waals surface area contributed by atoms with E-state index in [2.05, 4.69) is 49.7 Å². The number of hydrogen-bond acceptors (Lipinski definition) is 5. The van der Waals surface area contributed by atoms with Crippen molar-refractivity contribution in [3.05, 3.63) is 77.2 Å². The lowest BCUT2D eigenvalue weighted by atomic mass is 9.99. The minimum atomic E-state index is -1.19. The molecule has 37 heavy (non-hydrogen) atoms. The van der Waals surface area contributed by atoms with E-state index >= 15 is 0 Å². The van der Waals surface area contributed by atoms with Crippen LogP contribution in [0.4, 0.5) is 0 Å². The van der Waals surface area contributed by atoms with Crippen molar-refractivity contribution in [1.29, 1.82) is 0 Å². The molecule has 0 saturated heterocycles. The van der Waals surface area contributed by atoms with Gasteiger partial charge >= 0.3 is 0 Å². The predicted octanol–water partition coefficient (Wildman–Crippen LogP) is 5.76. The third-order valence-corrected chi connectivity index (χ3v) is 8.71. The van der Waals surface area contributed by atoms with Crippen molar-refractivity contribution in [3.63, 3.8) is 0 Å². The Labute approximate surface area is 219 Å². The Morgan fingerprint density at radius 2 is 1.89 bits per heavy atom. The van der Waals surface area contributed by atoms with Gasteiger partial charge in [-0.3, -0.25) is 9.78 Å². The number of rotatable bonds is 8. The molecule has 4 aromatic rings. The first kappa shape index (κ1) is 25.3. The van der Waals surface area contributed by atoms with Gasteiger partial charge in [0.2, 0.25) is 5.91 Å². The molecule has 0 N–H and O–H groups in total. The second kappa shape index (κ2) is 10.2. The summed E-state index contributed by atoms with van der Waals surface area (Å²) in [7, 11) is -1.19. The fourth-order valence-electron chi connectivity index (χ4n) is 4.76. The number of carbonyl (C=O) groups is 1. The summed E-state index contributed by atoms with van der Waals surface area (Å²) in [6.45, 7) is 12.6. The summed E-state index contributed by atoms with van der Waals surface area (Å²) in [5.41, 5.74) is 7.47. The summed E-state index contributed by atoms with van der Waals surface area (Å²) in [6, 6.07) is 17.3. The smallest absolute Gasteiger partial charge is 0.227 e. The number of hydrogen-bond donors (Lipinski definition) is 0. The fraction of sp³-hybridized carbons (Fsp3) is 0.379. The highest BCUT2D eigenvalue weighted by Gasteiger charge is 2.30. The molecule has 1 aliphatic rings. The van der Waals surface area contributed by atoms with Crippen molar-refractivity contribution >= 4 is 25.0 Å². The Morgan fingerprint density at radius 1 is 1.11 bits per heavy atom. The summed E-state index contributed by atoms with van der Waals surface area (Å²) in [5, 5.41) is 4.94. The Morgan fingerprint density at radius 3 is 2.62 bits per heavy atom. The van der Waals surface area contributed by atoms with Gasteiger partial charge in [-0.25, -0.2) is 9.67 Å². The van der Waals surface area contributed by atoms with E-state index < -0.39 is 8.07 Å². The molecule has 0 spiro atoms. The van der Waals surface area contributed by atoms with Crippen LogP contribution in [0.1, 0.15) is 35.5 Å². The number of carbonyl (C=O) groups excluding carboxylic acids is 1. The number of aromatic nitrogens is 4. The van der Waals surface area contributed by atoms with Gasteiger partial charge in [-0.05, 0) is 49.2 Å². The molecule has 0 aliphatic carbocycles. The van der Waals surface area contributed by atoms with Gasteiger partial charge in [0.15, 0.2) is 0 Å². The van der Waals surface area contributed by atoms with Crippen LogP contribution < -0.4 is 0 Å². The first-order valence-corrected chi connectivity index (χ1v) is 16.6. The number of nitrogens with zero attached hydrogens (tertiary/aromatic N) is 5. The maximum atomic E-state index is 13.2. The quantitative estimate of drug-likeness (QED) is 0.221. The van der Waals surface area contributed by atoms with Crippen LogP contribution in [0.2, 0.25) is 25.7 Å². The van der Waals surface area contributed by atoms with E-state index in [1.54, 1.807) is 6.20 Å². The number of pyridine rings is 2. The molecule has 192 valence electrons. The maximum absolute atomic E-state index is 13.2. The minimum Gasteiger partial charge on any atom is -0.360 e. The SMILES string of the molecule is Cc1cc(-c2nn(COCC[Si](C)(C)C)c3cc4c(nc23)CN([C@H](C)c2ccccc2)C(=O)C4)ccn1. The molecular formula is C29H35N5O2Si. The molecule has 5 rings (SSSR count). The molecule has 0 fully saturated rings. The van der Waals surface area contributed by atoms with Crippen LogP contribution in [0.3, 0.4) is 0 Å². The summed E-state index contributed by atoms with van der Waals surface area (Å²) >= 11 is 0. The van der Waals surface area contributed by atoms with Gasteiger partial charge in [-0.15, -0.1) is 0 Å². The lowest BCUT2D eigenvalue weighted by molar-refractivity contribution is -0.134. The van der Waals surface area contributed by atoms with Gasteiger partial charge in [0.1, 0.15) is 17.9 Å². The predicted molar refractivity (Wildman–Crippen MR) is 149 cm³/mol. The topological polar surface area (TPSA) is 73.1 Å². The molecule has 0 radical (unpaired) electrons. The second-order valence-corrected chi connectivity index (χ2v) is 16.8. The van der Waals surface area contributed by atoms with Gasteiger partial charge in [0.05, 0.1) is 30.2 Å². The summed E-state index contributed by atoms with van der Waals surface area (Å²) < 4.78 is 7.95. The van der Waals surface area contributed by atoms with Gasteiger partial charge in [-0.2, -0.15) is 5.10 Å². The fourth-order valence-corrected chi connectivity index (χ4v) is 5.51. The van der Waals surface area contributed by atoms with Gasteiger partial charge in [-0.1, -0.05) is 50.0 Å². The molecule has 7 nitrogen and oxygen atoms in total. The zero-order chi connectivity index (χ0) is 26.2. The Bertz CT molecular complexity index is 1430. The van der Waals surface area contributed by atoms with E-state index in [0.29, 0.717) is 26.3 Å². The number of benzene rings is 1. The third-order valence-electron chi connectivity index (χ3n) is 7.01. The lowest BCUT2D eigenvalue weighted by Crippen LogP contribution is -2.38. The molecule has 3 aromatic heterocycles. The molecule has 1 aliphatic heterocycles.